The monoisotopic (exact) mass is 211 g/mol. The Morgan fingerprint density at radius 2 is 2.07 bits per heavy atom. The van der Waals surface area contributed by atoms with Gasteiger partial charge in [0.15, 0.2) is 0 Å². The Hall–Kier alpha value is -0.900. The van der Waals surface area contributed by atoms with Crippen LogP contribution in [0.2, 0.25) is 0 Å². The number of carbonyl (C=O) groups is 2. The van der Waals surface area contributed by atoms with Crippen LogP contribution in [0.5, 0.6) is 0 Å². The number of nitrogens with zero attached hydrogens (tertiary/aromatic N) is 1. The van der Waals surface area contributed by atoms with Crippen LogP contribution in [0, 0.1) is 0 Å². The minimum Gasteiger partial charge on any atom is -0.365 e. The quantitative estimate of drug-likeness (QED) is 0.643. The molecule has 0 aromatic carbocycles. The fourth-order valence-electron chi connectivity index (χ4n) is 2.24. The third kappa shape index (κ3) is 2.04. The highest BCUT2D eigenvalue weighted by Gasteiger charge is 2.41. The van der Waals surface area contributed by atoms with Gasteiger partial charge in [0, 0.05) is 32.5 Å². The van der Waals surface area contributed by atoms with Gasteiger partial charge >= 0.3 is 0 Å². The summed E-state index contributed by atoms with van der Waals surface area (Å²) in [7, 11) is 0. The van der Waals surface area contributed by atoms with E-state index in [0.717, 1.165) is 12.8 Å². The highest BCUT2D eigenvalue weighted by atomic mass is 16.5. The number of Topliss-reactive ketones (excluding diaryl/α,β-unsaturated/α-hetero) is 1. The Labute approximate surface area is 89.6 Å². The highest BCUT2D eigenvalue weighted by molar-refractivity contribution is 5.88. The lowest BCUT2D eigenvalue weighted by Crippen LogP contribution is -2.49. The molecule has 2 rings (SSSR count). The van der Waals surface area contributed by atoms with Crippen molar-refractivity contribution in [2.45, 2.75) is 38.2 Å². The Morgan fingerprint density at radius 1 is 1.40 bits per heavy atom. The van der Waals surface area contributed by atoms with Gasteiger partial charge in [-0.15, -0.1) is 0 Å². The van der Waals surface area contributed by atoms with Crippen molar-refractivity contribution in [1.82, 2.24) is 4.90 Å². The molecule has 15 heavy (non-hydrogen) atoms. The van der Waals surface area contributed by atoms with E-state index in [1.54, 1.807) is 4.90 Å². The Kier molecular flexibility index (Phi) is 2.78. The van der Waals surface area contributed by atoms with Gasteiger partial charge in [-0.3, -0.25) is 9.59 Å². The zero-order valence-electron chi connectivity index (χ0n) is 9.12. The molecule has 0 saturated carbocycles. The molecule has 0 aliphatic carbocycles. The molecule has 1 amide bonds. The summed E-state index contributed by atoms with van der Waals surface area (Å²) >= 11 is 0. The molecule has 1 atom stereocenters. The fourth-order valence-corrected chi connectivity index (χ4v) is 2.24. The van der Waals surface area contributed by atoms with E-state index >= 15 is 0 Å². The SMILES string of the molecule is CC1(C(=O)N2CCC(=O)CC2)CCCO1. The van der Waals surface area contributed by atoms with E-state index in [-0.39, 0.29) is 11.7 Å². The zero-order valence-corrected chi connectivity index (χ0v) is 9.12. The van der Waals surface area contributed by atoms with Gasteiger partial charge < -0.3 is 9.64 Å². The van der Waals surface area contributed by atoms with Crippen LogP contribution in [0.1, 0.15) is 32.6 Å². The van der Waals surface area contributed by atoms with Gasteiger partial charge in [0.1, 0.15) is 11.4 Å². The molecular formula is C11H17NO3. The number of piperidine rings is 1. The van der Waals surface area contributed by atoms with Gasteiger partial charge in [-0.05, 0) is 19.8 Å². The molecule has 2 heterocycles. The second kappa shape index (κ2) is 3.93. The first-order valence-corrected chi connectivity index (χ1v) is 5.57. The minimum atomic E-state index is -0.625. The van der Waals surface area contributed by atoms with Crippen LogP contribution in [-0.4, -0.2) is 41.9 Å². The van der Waals surface area contributed by atoms with E-state index in [4.69, 9.17) is 4.74 Å². The normalized spacial score (nSPS) is 32.1. The summed E-state index contributed by atoms with van der Waals surface area (Å²) in [5.74, 6) is 0.323. The second-order valence-corrected chi connectivity index (χ2v) is 4.51. The summed E-state index contributed by atoms with van der Waals surface area (Å²) in [6.07, 6.45) is 2.76. The van der Waals surface area contributed by atoms with E-state index in [1.165, 1.54) is 0 Å². The molecule has 84 valence electrons. The first-order valence-electron chi connectivity index (χ1n) is 5.57. The topological polar surface area (TPSA) is 46.6 Å². The van der Waals surface area contributed by atoms with Gasteiger partial charge in [-0.1, -0.05) is 0 Å². The summed E-state index contributed by atoms with van der Waals surface area (Å²) in [5, 5.41) is 0. The van der Waals surface area contributed by atoms with Crippen molar-refractivity contribution in [2.75, 3.05) is 19.7 Å². The van der Waals surface area contributed by atoms with Gasteiger partial charge in [0.05, 0.1) is 0 Å². The molecule has 0 aromatic rings. The molecule has 2 saturated heterocycles. The van der Waals surface area contributed by atoms with Crippen LogP contribution in [0.15, 0.2) is 0 Å². The number of likely N-dealkylation sites (tertiary alicyclic amines) is 1. The fraction of sp³-hybridized carbons (Fsp3) is 0.818. The molecule has 2 fully saturated rings. The number of hydrogen-bond acceptors (Lipinski definition) is 3. The summed E-state index contributed by atoms with van der Waals surface area (Å²) < 4.78 is 5.51. The van der Waals surface area contributed by atoms with E-state index in [2.05, 4.69) is 0 Å². The van der Waals surface area contributed by atoms with Gasteiger partial charge in [0.2, 0.25) is 0 Å². The van der Waals surface area contributed by atoms with Crippen molar-refractivity contribution in [3.63, 3.8) is 0 Å². The van der Waals surface area contributed by atoms with Gasteiger partial charge in [0.25, 0.3) is 5.91 Å². The van der Waals surface area contributed by atoms with Crippen molar-refractivity contribution in [3.05, 3.63) is 0 Å². The molecule has 0 radical (unpaired) electrons. The molecule has 4 heteroatoms. The smallest absolute Gasteiger partial charge is 0.254 e. The molecule has 2 aliphatic rings. The summed E-state index contributed by atoms with van der Waals surface area (Å²) in [5.41, 5.74) is -0.625. The highest BCUT2D eigenvalue weighted by Crippen LogP contribution is 2.28. The van der Waals surface area contributed by atoms with Crippen LogP contribution in [0.25, 0.3) is 0 Å². The van der Waals surface area contributed by atoms with Crippen molar-refractivity contribution in [2.24, 2.45) is 0 Å². The maximum atomic E-state index is 12.1. The summed E-state index contributed by atoms with van der Waals surface area (Å²) in [4.78, 5) is 25.0. The van der Waals surface area contributed by atoms with Crippen molar-refractivity contribution >= 4 is 11.7 Å². The minimum absolute atomic E-state index is 0.0625. The van der Waals surface area contributed by atoms with Crippen molar-refractivity contribution < 1.29 is 14.3 Å². The Balaban J connectivity index is 1.98. The van der Waals surface area contributed by atoms with E-state index in [1.807, 2.05) is 6.92 Å². The van der Waals surface area contributed by atoms with Crippen molar-refractivity contribution in [1.29, 1.82) is 0 Å². The number of amides is 1. The number of ether oxygens (including phenoxy) is 1. The summed E-state index contributed by atoms with van der Waals surface area (Å²) in [6, 6.07) is 0. The van der Waals surface area contributed by atoms with Crippen LogP contribution in [0.3, 0.4) is 0 Å². The van der Waals surface area contributed by atoms with E-state index < -0.39 is 5.60 Å². The van der Waals surface area contributed by atoms with Crippen LogP contribution < -0.4 is 0 Å². The number of rotatable bonds is 1. The van der Waals surface area contributed by atoms with E-state index in [0.29, 0.717) is 32.5 Å². The zero-order chi connectivity index (χ0) is 10.9. The van der Waals surface area contributed by atoms with Crippen LogP contribution in [-0.2, 0) is 14.3 Å². The lowest BCUT2D eigenvalue weighted by molar-refractivity contribution is -0.152. The van der Waals surface area contributed by atoms with E-state index in [9.17, 15) is 9.59 Å². The Bertz CT molecular complexity index is 272. The lowest BCUT2D eigenvalue weighted by Gasteiger charge is -2.33. The maximum absolute atomic E-state index is 12.1. The number of carbonyl (C=O) groups excluding carboxylic acids is 2. The maximum Gasteiger partial charge on any atom is 0.254 e. The molecule has 0 N–H and O–H groups in total. The first-order chi connectivity index (χ1) is 7.12. The molecule has 0 aromatic heterocycles. The molecule has 2 aliphatic heterocycles. The summed E-state index contributed by atoms with van der Waals surface area (Å²) in [6.45, 7) is 3.67. The van der Waals surface area contributed by atoms with Crippen LogP contribution in [0.4, 0.5) is 0 Å². The molecule has 4 nitrogen and oxygen atoms in total. The first kappa shape index (κ1) is 10.6. The second-order valence-electron chi connectivity index (χ2n) is 4.51. The molecule has 1 unspecified atom stereocenters. The predicted octanol–water partition coefficient (Wildman–Crippen LogP) is 0.747. The molecular weight excluding hydrogens is 194 g/mol. The standard InChI is InChI=1S/C11H17NO3/c1-11(5-2-8-15-11)10(14)12-6-3-9(13)4-7-12/h2-8H2,1H3. The molecule has 0 spiro atoms. The largest absolute Gasteiger partial charge is 0.365 e. The van der Waals surface area contributed by atoms with Crippen molar-refractivity contribution in [3.8, 4) is 0 Å². The van der Waals surface area contributed by atoms with Gasteiger partial charge in [-0.25, -0.2) is 0 Å². The molecule has 0 bridgehead atoms. The third-order valence-electron chi connectivity index (χ3n) is 3.28. The lowest BCUT2D eigenvalue weighted by atomic mass is 9.99. The average Bonchev–Trinajstić information content (AvgIpc) is 2.67. The number of hydrogen-bond donors (Lipinski definition) is 0. The van der Waals surface area contributed by atoms with Crippen LogP contribution >= 0.6 is 0 Å². The predicted molar refractivity (Wildman–Crippen MR) is 54.4 cm³/mol. The average molecular weight is 211 g/mol. The Morgan fingerprint density at radius 3 is 2.60 bits per heavy atom. The van der Waals surface area contributed by atoms with Gasteiger partial charge in [-0.2, -0.15) is 0 Å². The number of ketones is 1. The third-order valence-corrected chi connectivity index (χ3v) is 3.28.